The third-order valence-electron chi connectivity index (χ3n) is 3.95. The number of hydrogen-bond acceptors (Lipinski definition) is 2. The molecule has 0 aromatic heterocycles. The molecule has 1 heterocycles. The normalized spacial score (nSPS) is 26.5. The Morgan fingerprint density at radius 1 is 1.17 bits per heavy atom. The zero-order valence-corrected chi connectivity index (χ0v) is 12.4. The standard InChI is InChI=1S/C14H20Cl2N2/c1-9-7-18(8-10(9)2)14(6-17)11-3-12(15)5-13(16)4-11/h3-5,9-10,14H,6-8,17H2,1-2H3. The van der Waals surface area contributed by atoms with Crippen LogP contribution in [0.3, 0.4) is 0 Å². The summed E-state index contributed by atoms with van der Waals surface area (Å²) in [6.07, 6.45) is 0. The summed E-state index contributed by atoms with van der Waals surface area (Å²) in [4.78, 5) is 2.44. The second-order valence-electron chi connectivity index (χ2n) is 5.36. The Hall–Kier alpha value is -0.280. The first-order valence-electron chi connectivity index (χ1n) is 6.41. The van der Waals surface area contributed by atoms with Crippen LogP contribution >= 0.6 is 23.2 Å². The van der Waals surface area contributed by atoms with Gasteiger partial charge in [-0.05, 0) is 35.6 Å². The molecule has 1 aromatic rings. The molecule has 0 amide bonds. The van der Waals surface area contributed by atoms with E-state index in [9.17, 15) is 0 Å². The van der Waals surface area contributed by atoms with Crippen molar-refractivity contribution in [3.8, 4) is 0 Å². The molecule has 2 N–H and O–H groups in total. The Balaban J connectivity index is 2.23. The van der Waals surface area contributed by atoms with E-state index in [1.165, 1.54) is 0 Å². The van der Waals surface area contributed by atoms with E-state index in [4.69, 9.17) is 28.9 Å². The molecule has 100 valence electrons. The van der Waals surface area contributed by atoms with Crippen molar-refractivity contribution in [1.82, 2.24) is 4.90 Å². The van der Waals surface area contributed by atoms with Crippen LogP contribution in [0.25, 0.3) is 0 Å². The molecule has 1 aromatic carbocycles. The molecule has 0 spiro atoms. The van der Waals surface area contributed by atoms with Gasteiger partial charge in [0.05, 0.1) is 0 Å². The summed E-state index contributed by atoms with van der Waals surface area (Å²) in [7, 11) is 0. The van der Waals surface area contributed by atoms with Crippen LogP contribution in [0.5, 0.6) is 0 Å². The summed E-state index contributed by atoms with van der Waals surface area (Å²) in [6.45, 7) is 7.36. The predicted molar refractivity (Wildman–Crippen MR) is 78.2 cm³/mol. The van der Waals surface area contributed by atoms with Crippen LogP contribution in [0, 0.1) is 11.8 Å². The fourth-order valence-electron chi connectivity index (χ4n) is 2.69. The quantitative estimate of drug-likeness (QED) is 0.920. The molecule has 2 rings (SSSR count). The van der Waals surface area contributed by atoms with Crippen molar-refractivity contribution in [2.45, 2.75) is 19.9 Å². The van der Waals surface area contributed by atoms with Crippen molar-refractivity contribution in [2.24, 2.45) is 17.6 Å². The van der Waals surface area contributed by atoms with E-state index >= 15 is 0 Å². The maximum absolute atomic E-state index is 6.07. The molecule has 2 nitrogen and oxygen atoms in total. The van der Waals surface area contributed by atoms with Gasteiger partial charge in [-0.15, -0.1) is 0 Å². The highest BCUT2D eigenvalue weighted by molar-refractivity contribution is 6.34. The maximum Gasteiger partial charge on any atom is 0.0471 e. The molecule has 1 fully saturated rings. The average Bonchev–Trinajstić information content (AvgIpc) is 2.58. The van der Waals surface area contributed by atoms with Crippen molar-refractivity contribution >= 4 is 23.2 Å². The highest BCUT2D eigenvalue weighted by Crippen LogP contribution is 2.32. The minimum atomic E-state index is 0.216. The van der Waals surface area contributed by atoms with E-state index in [-0.39, 0.29) is 6.04 Å². The molecule has 0 bridgehead atoms. The Morgan fingerprint density at radius 2 is 1.67 bits per heavy atom. The van der Waals surface area contributed by atoms with E-state index in [2.05, 4.69) is 18.7 Å². The number of hydrogen-bond donors (Lipinski definition) is 1. The van der Waals surface area contributed by atoms with Crippen LogP contribution in [0.4, 0.5) is 0 Å². The van der Waals surface area contributed by atoms with Crippen molar-refractivity contribution in [1.29, 1.82) is 0 Å². The van der Waals surface area contributed by atoms with E-state index in [0.717, 1.165) is 18.7 Å². The number of nitrogens with zero attached hydrogens (tertiary/aromatic N) is 1. The van der Waals surface area contributed by atoms with Crippen LogP contribution in [-0.4, -0.2) is 24.5 Å². The smallest absolute Gasteiger partial charge is 0.0471 e. The summed E-state index contributed by atoms with van der Waals surface area (Å²) in [5, 5.41) is 1.35. The zero-order valence-electron chi connectivity index (χ0n) is 10.9. The fourth-order valence-corrected chi connectivity index (χ4v) is 3.24. The lowest BCUT2D eigenvalue weighted by Gasteiger charge is -2.27. The molecule has 1 saturated heterocycles. The van der Waals surface area contributed by atoms with Crippen LogP contribution < -0.4 is 5.73 Å². The van der Waals surface area contributed by atoms with Gasteiger partial charge < -0.3 is 5.73 Å². The molecule has 4 heteroatoms. The monoisotopic (exact) mass is 286 g/mol. The first kappa shape index (κ1) is 14.1. The van der Waals surface area contributed by atoms with Crippen molar-refractivity contribution in [3.63, 3.8) is 0 Å². The lowest BCUT2D eigenvalue weighted by atomic mass is 10.0. The molecular weight excluding hydrogens is 267 g/mol. The number of rotatable bonds is 3. The van der Waals surface area contributed by atoms with Gasteiger partial charge in [0.25, 0.3) is 0 Å². The minimum absolute atomic E-state index is 0.216. The molecule has 1 aliphatic rings. The van der Waals surface area contributed by atoms with Gasteiger partial charge in [0.15, 0.2) is 0 Å². The van der Waals surface area contributed by atoms with Crippen LogP contribution in [-0.2, 0) is 0 Å². The summed E-state index contributed by atoms with van der Waals surface area (Å²) in [5.74, 6) is 1.43. The van der Waals surface area contributed by atoms with Crippen molar-refractivity contribution < 1.29 is 0 Å². The Morgan fingerprint density at radius 3 is 2.11 bits per heavy atom. The molecule has 3 unspecified atom stereocenters. The number of halogens is 2. The Labute approximate surface area is 119 Å². The van der Waals surface area contributed by atoms with Gasteiger partial charge in [-0.3, -0.25) is 4.90 Å². The molecule has 0 aliphatic carbocycles. The number of likely N-dealkylation sites (tertiary alicyclic amines) is 1. The van der Waals surface area contributed by atoms with Gasteiger partial charge in [0, 0.05) is 35.7 Å². The third kappa shape index (κ3) is 3.00. The van der Waals surface area contributed by atoms with Gasteiger partial charge >= 0.3 is 0 Å². The van der Waals surface area contributed by atoms with E-state index in [1.807, 2.05) is 12.1 Å². The van der Waals surface area contributed by atoms with Crippen molar-refractivity contribution in [2.75, 3.05) is 19.6 Å². The van der Waals surface area contributed by atoms with E-state index < -0.39 is 0 Å². The molecule has 18 heavy (non-hydrogen) atoms. The molecule has 0 saturated carbocycles. The first-order chi connectivity index (χ1) is 8.51. The number of benzene rings is 1. The van der Waals surface area contributed by atoms with Gasteiger partial charge in [-0.1, -0.05) is 37.0 Å². The summed E-state index contributed by atoms with van der Waals surface area (Å²) < 4.78 is 0. The molecular formula is C14H20Cl2N2. The molecule has 0 radical (unpaired) electrons. The van der Waals surface area contributed by atoms with E-state index in [0.29, 0.717) is 28.4 Å². The van der Waals surface area contributed by atoms with Gasteiger partial charge in [0.1, 0.15) is 0 Å². The van der Waals surface area contributed by atoms with Crippen LogP contribution in [0.15, 0.2) is 18.2 Å². The fraction of sp³-hybridized carbons (Fsp3) is 0.571. The van der Waals surface area contributed by atoms with Gasteiger partial charge in [0.2, 0.25) is 0 Å². The molecule has 1 aliphatic heterocycles. The topological polar surface area (TPSA) is 29.3 Å². The number of nitrogens with two attached hydrogens (primary N) is 1. The summed E-state index contributed by atoms with van der Waals surface area (Å²) in [6, 6.07) is 5.92. The van der Waals surface area contributed by atoms with Crippen LogP contribution in [0.1, 0.15) is 25.5 Å². The third-order valence-corrected chi connectivity index (χ3v) is 4.39. The Kier molecular flexibility index (Phi) is 4.54. The lowest BCUT2D eigenvalue weighted by molar-refractivity contribution is 0.240. The second kappa shape index (κ2) is 5.79. The Bertz CT molecular complexity index is 392. The lowest BCUT2D eigenvalue weighted by Crippen LogP contribution is -2.32. The van der Waals surface area contributed by atoms with Gasteiger partial charge in [-0.2, -0.15) is 0 Å². The van der Waals surface area contributed by atoms with Crippen LogP contribution in [0.2, 0.25) is 10.0 Å². The summed E-state index contributed by atoms with van der Waals surface area (Å²) >= 11 is 12.1. The van der Waals surface area contributed by atoms with E-state index in [1.54, 1.807) is 6.07 Å². The maximum atomic E-state index is 6.07. The predicted octanol–water partition coefficient (Wildman–Crippen LogP) is 3.58. The molecule has 3 atom stereocenters. The first-order valence-corrected chi connectivity index (χ1v) is 7.17. The SMILES string of the molecule is CC1CN(C(CN)c2cc(Cl)cc(Cl)c2)CC1C. The zero-order chi connectivity index (χ0) is 13.3. The minimum Gasteiger partial charge on any atom is -0.329 e. The average molecular weight is 287 g/mol. The second-order valence-corrected chi connectivity index (χ2v) is 6.24. The van der Waals surface area contributed by atoms with Crippen molar-refractivity contribution in [3.05, 3.63) is 33.8 Å². The highest BCUT2D eigenvalue weighted by Gasteiger charge is 2.31. The highest BCUT2D eigenvalue weighted by atomic mass is 35.5. The summed E-state index contributed by atoms with van der Waals surface area (Å²) in [5.41, 5.74) is 7.07. The van der Waals surface area contributed by atoms with Gasteiger partial charge in [-0.25, -0.2) is 0 Å². The largest absolute Gasteiger partial charge is 0.329 e.